The minimum Gasteiger partial charge on any atom is -0.368 e. The minimum absolute atomic E-state index is 0.0430. The van der Waals surface area contributed by atoms with Crippen LogP contribution in [0.2, 0.25) is 0 Å². The highest BCUT2D eigenvalue weighted by molar-refractivity contribution is 5.82. The van der Waals surface area contributed by atoms with E-state index >= 15 is 0 Å². The lowest BCUT2D eigenvalue weighted by molar-refractivity contribution is -0.130. The zero-order valence-electron chi connectivity index (χ0n) is 16.1. The van der Waals surface area contributed by atoms with Gasteiger partial charge in [0.15, 0.2) is 11.6 Å². The molecule has 0 aliphatic carbocycles. The van der Waals surface area contributed by atoms with Crippen LogP contribution < -0.4 is 9.80 Å². The maximum atomic E-state index is 13.7. The van der Waals surface area contributed by atoms with Crippen molar-refractivity contribution in [1.29, 1.82) is 0 Å². The largest absolute Gasteiger partial charge is 0.368 e. The molecule has 0 radical (unpaired) electrons. The Morgan fingerprint density at radius 3 is 2.50 bits per heavy atom. The molecular weight excluding hydrogens is 360 g/mol. The van der Waals surface area contributed by atoms with Gasteiger partial charge in [-0.2, -0.15) is 0 Å². The normalized spacial score (nSPS) is 16.9. The predicted octanol–water partition coefficient (Wildman–Crippen LogP) is 3.37. The van der Waals surface area contributed by atoms with Crippen molar-refractivity contribution < 1.29 is 13.6 Å². The summed E-state index contributed by atoms with van der Waals surface area (Å²) in [5.74, 6) is -1.63. The van der Waals surface area contributed by atoms with E-state index in [9.17, 15) is 13.6 Å². The number of fused-ring (bicyclic) bond motifs is 1. The fourth-order valence-electron chi connectivity index (χ4n) is 4.12. The van der Waals surface area contributed by atoms with Crippen LogP contribution in [0.5, 0.6) is 0 Å². The van der Waals surface area contributed by atoms with Crippen molar-refractivity contribution in [2.45, 2.75) is 19.8 Å². The van der Waals surface area contributed by atoms with Gasteiger partial charge in [-0.05, 0) is 49.1 Å². The number of anilines is 2. The average molecular weight is 385 g/mol. The van der Waals surface area contributed by atoms with Crippen LogP contribution >= 0.6 is 0 Å². The van der Waals surface area contributed by atoms with Crippen molar-refractivity contribution in [3.8, 4) is 0 Å². The topological polar surface area (TPSA) is 26.8 Å². The molecule has 2 aromatic rings. The van der Waals surface area contributed by atoms with Crippen LogP contribution in [0.1, 0.15) is 17.5 Å². The van der Waals surface area contributed by atoms with Crippen molar-refractivity contribution >= 4 is 17.3 Å². The van der Waals surface area contributed by atoms with Crippen molar-refractivity contribution in [2.24, 2.45) is 0 Å². The van der Waals surface area contributed by atoms with Crippen LogP contribution in [0, 0.1) is 18.6 Å². The molecule has 2 aromatic carbocycles. The van der Waals surface area contributed by atoms with Gasteiger partial charge in [0.05, 0.1) is 6.54 Å². The standard InChI is InChI=1S/C22H25F2N3O/c1-16-4-2-6-18(12-16)25-8-10-26(11-9-25)22(28)15-27-7-3-5-17-13-19(23)20(24)14-21(17)27/h2,4,6,12-14H,3,5,7-11,15H2,1H3. The van der Waals surface area contributed by atoms with Gasteiger partial charge in [-0.15, -0.1) is 0 Å². The number of nitrogens with zero attached hydrogens (tertiary/aromatic N) is 3. The molecule has 2 aliphatic rings. The summed E-state index contributed by atoms with van der Waals surface area (Å²) in [5, 5.41) is 0. The summed E-state index contributed by atoms with van der Waals surface area (Å²) >= 11 is 0. The Morgan fingerprint density at radius 2 is 1.75 bits per heavy atom. The SMILES string of the molecule is Cc1cccc(N2CCN(C(=O)CN3CCCc4cc(F)c(F)cc43)CC2)c1. The van der Waals surface area contributed by atoms with E-state index < -0.39 is 11.6 Å². The Balaban J connectivity index is 1.39. The van der Waals surface area contributed by atoms with Gasteiger partial charge in [0, 0.05) is 50.2 Å². The number of hydrogen-bond donors (Lipinski definition) is 0. The van der Waals surface area contributed by atoms with E-state index in [4.69, 9.17) is 0 Å². The van der Waals surface area contributed by atoms with E-state index in [-0.39, 0.29) is 12.5 Å². The highest BCUT2D eigenvalue weighted by Crippen LogP contribution is 2.29. The lowest BCUT2D eigenvalue weighted by Gasteiger charge is -2.38. The van der Waals surface area contributed by atoms with E-state index in [2.05, 4.69) is 36.1 Å². The lowest BCUT2D eigenvalue weighted by atomic mass is 10.0. The van der Waals surface area contributed by atoms with Gasteiger partial charge in [0.2, 0.25) is 5.91 Å². The molecule has 0 N–H and O–H groups in total. The number of amides is 1. The first-order valence-electron chi connectivity index (χ1n) is 9.83. The molecule has 2 heterocycles. The number of carbonyl (C=O) groups is 1. The van der Waals surface area contributed by atoms with Crippen molar-refractivity contribution in [3.63, 3.8) is 0 Å². The molecular formula is C22H25F2N3O. The van der Waals surface area contributed by atoms with Gasteiger partial charge in [0.25, 0.3) is 0 Å². The number of benzene rings is 2. The molecule has 28 heavy (non-hydrogen) atoms. The van der Waals surface area contributed by atoms with Crippen LogP contribution in [0.15, 0.2) is 36.4 Å². The summed E-state index contributed by atoms with van der Waals surface area (Å²) in [6, 6.07) is 10.9. The molecule has 4 rings (SSSR count). The summed E-state index contributed by atoms with van der Waals surface area (Å²) in [5.41, 5.74) is 3.84. The highest BCUT2D eigenvalue weighted by atomic mass is 19.2. The monoisotopic (exact) mass is 385 g/mol. The van der Waals surface area contributed by atoms with Crippen molar-refractivity contribution in [1.82, 2.24) is 4.90 Å². The van der Waals surface area contributed by atoms with E-state index in [0.29, 0.717) is 31.7 Å². The van der Waals surface area contributed by atoms with Gasteiger partial charge in [-0.3, -0.25) is 4.79 Å². The summed E-state index contributed by atoms with van der Waals surface area (Å²) in [6.45, 7) is 5.91. The minimum atomic E-state index is -0.857. The molecule has 1 saturated heterocycles. The first kappa shape index (κ1) is 18.7. The molecule has 1 fully saturated rings. The molecule has 6 heteroatoms. The second kappa shape index (κ2) is 7.78. The van der Waals surface area contributed by atoms with E-state index in [1.165, 1.54) is 23.4 Å². The molecule has 0 atom stereocenters. The van der Waals surface area contributed by atoms with Gasteiger partial charge in [0.1, 0.15) is 0 Å². The quantitative estimate of drug-likeness (QED) is 0.811. The van der Waals surface area contributed by atoms with Crippen LogP contribution in [0.3, 0.4) is 0 Å². The molecule has 0 spiro atoms. The maximum Gasteiger partial charge on any atom is 0.242 e. The second-order valence-corrected chi connectivity index (χ2v) is 7.63. The maximum absolute atomic E-state index is 13.7. The third-order valence-corrected chi connectivity index (χ3v) is 5.66. The number of piperazine rings is 1. The number of rotatable bonds is 3. The van der Waals surface area contributed by atoms with E-state index in [1.807, 2.05) is 9.80 Å². The summed E-state index contributed by atoms with van der Waals surface area (Å²) in [6.07, 6.45) is 1.55. The molecule has 0 bridgehead atoms. The average Bonchev–Trinajstić information content (AvgIpc) is 2.69. The predicted molar refractivity (Wildman–Crippen MR) is 107 cm³/mol. The number of aryl methyl sites for hydroxylation is 2. The van der Waals surface area contributed by atoms with Gasteiger partial charge in [-0.1, -0.05) is 12.1 Å². The number of halogens is 2. The molecule has 4 nitrogen and oxygen atoms in total. The molecule has 2 aliphatic heterocycles. The molecule has 0 unspecified atom stereocenters. The first-order chi connectivity index (χ1) is 13.5. The smallest absolute Gasteiger partial charge is 0.242 e. The summed E-state index contributed by atoms with van der Waals surface area (Å²) in [7, 11) is 0. The van der Waals surface area contributed by atoms with Crippen LogP contribution in [0.25, 0.3) is 0 Å². The molecule has 0 saturated carbocycles. The summed E-state index contributed by atoms with van der Waals surface area (Å²) < 4.78 is 27.2. The van der Waals surface area contributed by atoms with Gasteiger partial charge in [-0.25, -0.2) is 8.78 Å². The third kappa shape index (κ3) is 3.81. The Bertz CT molecular complexity index is 878. The Hall–Kier alpha value is -2.63. The fourth-order valence-corrected chi connectivity index (χ4v) is 4.12. The van der Waals surface area contributed by atoms with Gasteiger partial charge < -0.3 is 14.7 Å². The highest BCUT2D eigenvalue weighted by Gasteiger charge is 2.26. The first-order valence-corrected chi connectivity index (χ1v) is 9.83. The van der Waals surface area contributed by atoms with Crippen molar-refractivity contribution in [3.05, 3.63) is 59.2 Å². The van der Waals surface area contributed by atoms with E-state index in [1.54, 1.807) is 0 Å². The van der Waals surface area contributed by atoms with Crippen LogP contribution in [-0.4, -0.2) is 50.1 Å². The lowest BCUT2D eigenvalue weighted by Crippen LogP contribution is -2.51. The molecule has 148 valence electrons. The zero-order chi connectivity index (χ0) is 19.7. The second-order valence-electron chi connectivity index (χ2n) is 7.63. The third-order valence-electron chi connectivity index (χ3n) is 5.66. The Kier molecular flexibility index (Phi) is 5.20. The number of carbonyl (C=O) groups excluding carboxylic acids is 1. The van der Waals surface area contributed by atoms with Crippen LogP contribution in [-0.2, 0) is 11.2 Å². The number of hydrogen-bond acceptors (Lipinski definition) is 3. The van der Waals surface area contributed by atoms with E-state index in [0.717, 1.165) is 25.1 Å². The molecule has 1 amide bonds. The van der Waals surface area contributed by atoms with Crippen molar-refractivity contribution in [2.75, 3.05) is 49.1 Å². The zero-order valence-corrected chi connectivity index (χ0v) is 16.1. The fraction of sp³-hybridized carbons (Fsp3) is 0.409. The Labute approximate surface area is 164 Å². The van der Waals surface area contributed by atoms with Gasteiger partial charge >= 0.3 is 0 Å². The summed E-state index contributed by atoms with van der Waals surface area (Å²) in [4.78, 5) is 18.9. The van der Waals surface area contributed by atoms with Crippen LogP contribution in [0.4, 0.5) is 20.2 Å². The Morgan fingerprint density at radius 1 is 1.00 bits per heavy atom. The molecule has 0 aromatic heterocycles.